The molecule has 2 aromatic carbocycles. The van der Waals surface area contributed by atoms with Crippen LogP contribution < -0.4 is 0 Å². The molecule has 0 unspecified atom stereocenters. The van der Waals surface area contributed by atoms with Gasteiger partial charge in [-0.15, -0.1) is 11.3 Å². The highest BCUT2D eigenvalue weighted by Gasteiger charge is 2.38. The Bertz CT molecular complexity index is 1320. The van der Waals surface area contributed by atoms with Crippen molar-refractivity contribution in [1.82, 2.24) is 0 Å². The molecule has 2 aromatic heterocycles. The van der Waals surface area contributed by atoms with E-state index in [4.69, 9.17) is 16.0 Å². The highest BCUT2D eigenvalue weighted by atomic mass is 35.5. The van der Waals surface area contributed by atoms with Crippen LogP contribution in [0, 0.1) is 20.8 Å². The molecule has 148 valence electrons. The molecule has 0 atom stereocenters. The summed E-state index contributed by atoms with van der Waals surface area (Å²) in [5.74, 6) is 0.235. The highest BCUT2D eigenvalue weighted by Crippen LogP contribution is 2.40. The molecular weight excluding hydrogens is 416 g/mol. The number of ketones is 2. The summed E-state index contributed by atoms with van der Waals surface area (Å²) < 4.78 is 6.94. The summed E-state index contributed by atoms with van der Waals surface area (Å²) in [5, 5.41) is 0.377. The molecule has 5 heteroatoms. The van der Waals surface area contributed by atoms with Crippen LogP contribution in [0.25, 0.3) is 27.7 Å². The Morgan fingerprint density at radius 2 is 1.60 bits per heavy atom. The summed E-state index contributed by atoms with van der Waals surface area (Å²) >= 11 is 7.94. The van der Waals surface area contributed by atoms with E-state index in [0.717, 1.165) is 43.2 Å². The molecule has 0 fully saturated rings. The molecule has 1 aliphatic rings. The first-order valence-corrected chi connectivity index (χ1v) is 10.8. The molecule has 0 N–H and O–H groups in total. The molecule has 0 aliphatic heterocycles. The largest absolute Gasteiger partial charge is 0.455 e. The highest BCUT2D eigenvalue weighted by molar-refractivity contribution is 7.19. The SMILES string of the molecule is Cc1c(C)c(Cl)c2c(c1C)C(=O)/C(=C\c1cc3oc(-c4ccccc4)cc3s1)C2=O. The summed E-state index contributed by atoms with van der Waals surface area (Å²) in [6.07, 6.45) is 1.66. The van der Waals surface area contributed by atoms with Gasteiger partial charge in [0.2, 0.25) is 0 Å². The maximum absolute atomic E-state index is 13.1. The Balaban J connectivity index is 1.57. The van der Waals surface area contributed by atoms with Crippen LogP contribution in [-0.4, -0.2) is 11.6 Å². The van der Waals surface area contributed by atoms with Crippen LogP contribution in [0.4, 0.5) is 0 Å². The molecule has 0 bridgehead atoms. The minimum absolute atomic E-state index is 0.159. The lowest BCUT2D eigenvalue weighted by molar-refractivity contribution is 0.0990. The van der Waals surface area contributed by atoms with E-state index >= 15 is 0 Å². The summed E-state index contributed by atoms with van der Waals surface area (Å²) in [7, 11) is 0. The van der Waals surface area contributed by atoms with E-state index in [9.17, 15) is 9.59 Å². The summed E-state index contributed by atoms with van der Waals surface area (Å²) in [6.45, 7) is 5.67. The first-order chi connectivity index (χ1) is 14.4. The van der Waals surface area contributed by atoms with Gasteiger partial charge in [-0.25, -0.2) is 0 Å². The van der Waals surface area contributed by atoms with Gasteiger partial charge in [0.1, 0.15) is 11.3 Å². The number of hydrogen-bond acceptors (Lipinski definition) is 4. The second kappa shape index (κ2) is 6.79. The van der Waals surface area contributed by atoms with Gasteiger partial charge in [0.15, 0.2) is 11.6 Å². The number of carbonyl (C=O) groups is 2. The lowest BCUT2D eigenvalue weighted by Gasteiger charge is -2.11. The van der Waals surface area contributed by atoms with Crippen LogP contribution in [-0.2, 0) is 0 Å². The van der Waals surface area contributed by atoms with E-state index in [2.05, 4.69) is 0 Å². The second-order valence-electron chi connectivity index (χ2n) is 7.51. The zero-order chi connectivity index (χ0) is 21.2. The number of allylic oxidation sites excluding steroid dienone is 1. The summed E-state index contributed by atoms with van der Waals surface area (Å²) in [6, 6.07) is 13.7. The van der Waals surface area contributed by atoms with Crippen LogP contribution in [0.5, 0.6) is 0 Å². The van der Waals surface area contributed by atoms with Crippen LogP contribution in [0.1, 0.15) is 42.3 Å². The van der Waals surface area contributed by atoms with Crippen molar-refractivity contribution in [3.8, 4) is 11.3 Å². The van der Waals surface area contributed by atoms with E-state index < -0.39 is 0 Å². The molecule has 5 rings (SSSR count). The van der Waals surface area contributed by atoms with Gasteiger partial charge < -0.3 is 4.42 Å². The molecular formula is C25H17ClO3S. The molecule has 4 aromatic rings. The fourth-order valence-electron chi connectivity index (χ4n) is 3.93. The Labute approximate surface area is 182 Å². The lowest BCUT2D eigenvalue weighted by atomic mass is 9.95. The number of furan rings is 1. The zero-order valence-corrected chi connectivity index (χ0v) is 18.2. The molecule has 0 amide bonds. The van der Waals surface area contributed by atoms with Crippen molar-refractivity contribution in [3.63, 3.8) is 0 Å². The van der Waals surface area contributed by atoms with Gasteiger partial charge in [-0.3, -0.25) is 9.59 Å². The predicted octanol–water partition coefficient (Wildman–Crippen LogP) is 7.20. The Morgan fingerprint density at radius 1 is 0.900 bits per heavy atom. The number of hydrogen-bond donors (Lipinski definition) is 0. The van der Waals surface area contributed by atoms with Crippen LogP contribution in [0.3, 0.4) is 0 Å². The van der Waals surface area contributed by atoms with Gasteiger partial charge in [-0.2, -0.15) is 0 Å². The van der Waals surface area contributed by atoms with Crippen molar-refractivity contribution >= 4 is 50.9 Å². The number of rotatable bonds is 2. The average Bonchev–Trinajstić information content (AvgIpc) is 3.38. The number of benzene rings is 2. The van der Waals surface area contributed by atoms with Crippen LogP contribution >= 0.6 is 22.9 Å². The van der Waals surface area contributed by atoms with Crippen molar-refractivity contribution in [1.29, 1.82) is 0 Å². The second-order valence-corrected chi connectivity index (χ2v) is 9.00. The third kappa shape index (κ3) is 2.72. The van der Waals surface area contributed by atoms with E-state index in [-0.39, 0.29) is 17.1 Å². The first-order valence-electron chi connectivity index (χ1n) is 9.56. The monoisotopic (exact) mass is 432 g/mol. The fraction of sp³-hybridized carbons (Fsp3) is 0.120. The van der Waals surface area contributed by atoms with E-state index in [1.54, 1.807) is 6.08 Å². The minimum Gasteiger partial charge on any atom is -0.455 e. The quantitative estimate of drug-likeness (QED) is 0.248. The minimum atomic E-state index is -0.304. The normalized spacial score (nSPS) is 14.9. The van der Waals surface area contributed by atoms with Crippen molar-refractivity contribution in [3.05, 3.63) is 85.8 Å². The Hall–Kier alpha value is -2.95. The van der Waals surface area contributed by atoms with Crippen molar-refractivity contribution in [2.24, 2.45) is 0 Å². The van der Waals surface area contributed by atoms with Crippen LogP contribution in [0.2, 0.25) is 5.02 Å². The lowest BCUT2D eigenvalue weighted by Crippen LogP contribution is -2.02. The number of carbonyl (C=O) groups excluding carboxylic acids is 2. The number of thiophene rings is 1. The Morgan fingerprint density at radius 3 is 2.30 bits per heavy atom. The van der Waals surface area contributed by atoms with E-state index in [1.165, 1.54) is 11.3 Å². The summed E-state index contributed by atoms with van der Waals surface area (Å²) in [4.78, 5) is 26.9. The topological polar surface area (TPSA) is 47.3 Å². The molecule has 0 radical (unpaired) electrons. The van der Waals surface area contributed by atoms with E-state index in [0.29, 0.717) is 16.1 Å². The molecule has 30 heavy (non-hydrogen) atoms. The number of fused-ring (bicyclic) bond motifs is 2. The molecule has 3 nitrogen and oxygen atoms in total. The molecule has 0 spiro atoms. The molecule has 0 saturated carbocycles. The Kier molecular flexibility index (Phi) is 4.31. The zero-order valence-electron chi connectivity index (χ0n) is 16.6. The third-order valence-corrected chi connectivity index (χ3v) is 7.30. The van der Waals surface area contributed by atoms with Crippen molar-refractivity contribution in [2.45, 2.75) is 20.8 Å². The maximum atomic E-state index is 13.1. The predicted molar refractivity (Wildman–Crippen MR) is 122 cm³/mol. The van der Waals surface area contributed by atoms with Gasteiger partial charge in [0, 0.05) is 22.1 Å². The standard InChI is InChI=1S/C25H17ClO3S/c1-12-13(2)21-22(23(26)14(12)3)25(28)17(24(21)27)9-16-10-19-20(30-16)11-18(29-19)15-7-5-4-6-8-15/h4-11H,1-3H3/b17-9+. The van der Waals surface area contributed by atoms with Crippen molar-refractivity contribution < 1.29 is 14.0 Å². The molecule has 1 aliphatic carbocycles. The van der Waals surface area contributed by atoms with Crippen molar-refractivity contribution in [2.75, 3.05) is 0 Å². The average molecular weight is 433 g/mol. The van der Waals surface area contributed by atoms with Crippen LogP contribution in [0.15, 0.2) is 52.5 Å². The molecule has 2 heterocycles. The van der Waals surface area contributed by atoms with Gasteiger partial charge in [-0.05, 0) is 49.6 Å². The number of Topliss-reactive ketones (excluding diaryl/α,β-unsaturated/α-hetero) is 2. The number of halogens is 1. The van der Waals surface area contributed by atoms with Gasteiger partial charge >= 0.3 is 0 Å². The maximum Gasteiger partial charge on any atom is 0.199 e. The fourth-order valence-corrected chi connectivity index (χ4v) is 5.22. The summed E-state index contributed by atoms with van der Waals surface area (Å²) in [5.41, 5.74) is 5.29. The molecule has 0 saturated heterocycles. The third-order valence-electron chi connectivity index (χ3n) is 5.81. The van der Waals surface area contributed by atoms with Gasteiger partial charge in [0.25, 0.3) is 0 Å². The smallest absolute Gasteiger partial charge is 0.199 e. The van der Waals surface area contributed by atoms with E-state index in [1.807, 2.05) is 63.2 Å². The first kappa shape index (κ1) is 19.0. The van der Waals surface area contributed by atoms with Gasteiger partial charge in [-0.1, -0.05) is 41.9 Å². The van der Waals surface area contributed by atoms with Gasteiger partial charge in [0.05, 0.1) is 20.9 Å².